The first-order valence-electron chi connectivity index (χ1n) is 11.5. The number of carbonyl (C=O) groups is 4. The second-order valence-corrected chi connectivity index (χ2v) is 11.1. The van der Waals surface area contributed by atoms with E-state index in [0.717, 1.165) is 21.3 Å². The van der Waals surface area contributed by atoms with Crippen LogP contribution < -0.4 is 26.0 Å². The zero-order chi connectivity index (χ0) is 28.4. The van der Waals surface area contributed by atoms with Crippen LogP contribution in [0.4, 0.5) is 9.52 Å². The number of hydrogen-bond donors (Lipinski definition) is 3. The molecule has 3 aromatic heterocycles. The standard InChI is InChI=1S/C21H20FN9O6S3/c22-1-3-37-27-13(16-26-21(23)40-28-16)17(33)25-14-18(34)31-15(20(35)36)10(8-39-19(14)31)6-29-7-12-30(2-4-38-12)11(29)5-24-9-32/h2,4,7,9,14,19H,1,3,5-6,8H2,(H4-,23,24,25,26,28,32,33,35,36)/b27-13-/t14-,19-/m1/s1. The summed E-state index contributed by atoms with van der Waals surface area (Å²) >= 11 is 3.54. The maximum Gasteiger partial charge on any atom is 0.282 e. The molecule has 2 aliphatic heterocycles. The lowest BCUT2D eigenvalue weighted by Crippen LogP contribution is -2.71. The molecule has 0 radical (unpaired) electrons. The number of thioether (sulfide) groups is 1. The van der Waals surface area contributed by atoms with Gasteiger partial charge in [-0.1, -0.05) is 16.5 Å². The molecular formula is C21H20FN9O6S3. The third-order valence-electron chi connectivity index (χ3n) is 5.94. The zero-order valence-electron chi connectivity index (χ0n) is 20.3. The number of aliphatic carboxylic acids is 1. The largest absolute Gasteiger partial charge is 0.543 e. The number of nitrogens with two attached hydrogens (primary N) is 1. The Kier molecular flexibility index (Phi) is 7.94. The number of oxime groups is 1. The van der Waals surface area contributed by atoms with E-state index in [0.29, 0.717) is 17.8 Å². The van der Waals surface area contributed by atoms with Crippen molar-refractivity contribution in [3.05, 3.63) is 40.7 Å². The minimum Gasteiger partial charge on any atom is -0.543 e. The predicted octanol–water partition coefficient (Wildman–Crippen LogP) is -2.24. The SMILES string of the molecule is Nc1nc(/C(=N/OCCF)C(=O)N[C@@H]2C(=O)N3C(C(=O)[O-])=C(C[n+]4cc5sccn5c4CNC=O)CS[C@H]23)ns1. The molecule has 2 atom stereocenters. The lowest BCUT2D eigenvalue weighted by Gasteiger charge is -2.50. The van der Waals surface area contributed by atoms with Gasteiger partial charge in [0.05, 0.1) is 11.7 Å². The van der Waals surface area contributed by atoms with Crippen LogP contribution in [0.5, 0.6) is 0 Å². The zero-order valence-corrected chi connectivity index (χ0v) is 22.8. The molecule has 5 heterocycles. The molecule has 0 aliphatic carbocycles. The first kappa shape index (κ1) is 27.5. The Morgan fingerprint density at radius 1 is 1.43 bits per heavy atom. The molecule has 0 aromatic carbocycles. The molecule has 0 spiro atoms. The highest BCUT2D eigenvalue weighted by molar-refractivity contribution is 8.00. The number of amides is 3. The second kappa shape index (κ2) is 11.6. The van der Waals surface area contributed by atoms with E-state index in [1.807, 2.05) is 22.2 Å². The molecular weight excluding hydrogens is 589 g/mol. The normalized spacial score (nSPS) is 18.9. The highest BCUT2D eigenvalue weighted by atomic mass is 32.2. The number of alkyl halides is 1. The second-order valence-electron chi connectivity index (χ2n) is 8.30. The number of rotatable bonds is 12. The van der Waals surface area contributed by atoms with Crippen molar-refractivity contribution in [1.82, 2.24) is 29.3 Å². The summed E-state index contributed by atoms with van der Waals surface area (Å²) in [7, 11) is 0. The summed E-state index contributed by atoms with van der Waals surface area (Å²) in [6, 6.07) is -1.09. The van der Waals surface area contributed by atoms with E-state index in [1.54, 1.807) is 4.57 Å². The monoisotopic (exact) mass is 609 g/mol. The van der Waals surface area contributed by atoms with Gasteiger partial charge < -0.3 is 31.1 Å². The number of halogens is 1. The van der Waals surface area contributed by atoms with E-state index < -0.39 is 48.2 Å². The van der Waals surface area contributed by atoms with E-state index in [2.05, 4.69) is 25.1 Å². The van der Waals surface area contributed by atoms with Gasteiger partial charge in [-0.2, -0.15) is 13.8 Å². The Balaban J connectivity index is 1.37. The van der Waals surface area contributed by atoms with Crippen molar-refractivity contribution in [2.24, 2.45) is 5.16 Å². The summed E-state index contributed by atoms with van der Waals surface area (Å²) in [5.41, 5.74) is 5.33. The number of anilines is 1. The molecule has 2 aliphatic rings. The number of carbonyl (C=O) groups excluding carboxylic acids is 4. The molecule has 3 aromatic rings. The smallest absolute Gasteiger partial charge is 0.282 e. The van der Waals surface area contributed by atoms with Crippen LogP contribution in [0.1, 0.15) is 11.6 Å². The molecule has 0 bridgehead atoms. The summed E-state index contributed by atoms with van der Waals surface area (Å²) < 4.78 is 20.1. The van der Waals surface area contributed by atoms with Gasteiger partial charge in [0, 0.05) is 28.2 Å². The number of nitrogens with zero attached hydrogens (tertiary/aromatic N) is 6. The van der Waals surface area contributed by atoms with Gasteiger partial charge in [0.25, 0.3) is 17.6 Å². The van der Waals surface area contributed by atoms with Gasteiger partial charge in [-0.15, -0.1) is 11.8 Å². The predicted molar refractivity (Wildman–Crippen MR) is 138 cm³/mol. The highest BCUT2D eigenvalue weighted by Gasteiger charge is 2.53. The minimum absolute atomic E-state index is 0.0528. The quantitative estimate of drug-likeness (QED) is 0.0504. The van der Waals surface area contributed by atoms with Crippen molar-refractivity contribution in [1.29, 1.82) is 0 Å². The van der Waals surface area contributed by atoms with Crippen LogP contribution in [0.15, 0.2) is 34.2 Å². The number of nitrogen functional groups attached to an aromatic ring is 1. The summed E-state index contributed by atoms with van der Waals surface area (Å²) in [6.07, 6.45) is 4.23. The molecule has 4 N–H and O–H groups in total. The first-order chi connectivity index (χ1) is 19.3. The van der Waals surface area contributed by atoms with Crippen molar-refractivity contribution < 1.29 is 38.1 Å². The van der Waals surface area contributed by atoms with Crippen molar-refractivity contribution in [3.63, 3.8) is 0 Å². The van der Waals surface area contributed by atoms with Gasteiger partial charge >= 0.3 is 0 Å². The van der Waals surface area contributed by atoms with Gasteiger partial charge in [-0.25, -0.2) is 8.96 Å². The first-order valence-corrected chi connectivity index (χ1v) is 14.2. The fraction of sp³-hybridized carbons (Fsp3) is 0.333. The van der Waals surface area contributed by atoms with Crippen molar-refractivity contribution in [3.8, 4) is 0 Å². The van der Waals surface area contributed by atoms with Crippen molar-refractivity contribution in [2.45, 2.75) is 24.5 Å². The lowest BCUT2D eigenvalue weighted by molar-refractivity contribution is -0.695. The van der Waals surface area contributed by atoms with E-state index in [1.165, 1.54) is 23.1 Å². The van der Waals surface area contributed by atoms with Crippen molar-refractivity contribution >= 4 is 74.5 Å². The topological polar surface area (TPSA) is 200 Å². The Hall–Kier alpha value is -4.10. The van der Waals surface area contributed by atoms with E-state index >= 15 is 0 Å². The molecule has 0 saturated carbocycles. The number of imidazole rings is 1. The van der Waals surface area contributed by atoms with E-state index in [4.69, 9.17) is 10.6 Å². The summed E-state index contributed by atoms with van der Waals surface area (Å²) in [6.45, 7) is -0.936. The molecule has 19 heteroatoms. The molecule has 40 heavy (non-hydrogen) atoms. The molecule has 210 valence electrons. The van der Waals surface area contributed by atoms with Crippen molar-refractivity contribution in [2.75, 3.05) is 24.8 Å². The maximum absolute atomic E-state index is 13.1. The fourth-order valence-corrected chi connectivity index (χ4v) is 6.83. The number of β-lactam (4-membered cyclic amide) rings is 1. The van der Waals surface area contributed by atoms with E-state index in [9.17, 15) is 28.7 Å². The summed E-state index contributed by atoms with van der Waals surface area (Å²) in [5.74, 6) is -2.30. The van der Waals surface area contributed by atoms with Crippen LogP contribution in [0.3, 0.4) is 0 Å². The average molecular weight is 610 g/mol. The lowest BCUT2D eigenvalue weighted by atomic mass is 10.0. The molecule has 3 amide bonds. The Morgan fingerprint density at radius 2 is 2.25 bits per heavy atom. The van der Waals surface area contributed by atoms with Gasteiger partial charge in [-0.05, 0) is 0 Å². The molecule has 1 saturated heterocycles. The number of thiazole rings is 1. The Morgan fingerprint density at radius 3 is 2.95 bits per heavy atom. The molecule has 5 rings (SSSR count). The van der Waals surface area contributed by atoms with Gasteiger partial charge in [0.1, 0.15) is 50.2 Å². The number of carboxylic acids is 1. The van der Waals surface area contributed by atoms with Crippen LogP contribution in [0.2, 0.25) is 0 Å². The van der Waals surface area contributed by atoms with Crippen LogP contribution >= 0.6 is 34.6 Å². The van der Waals surface area contributed by atoms with Crippen LogP contribution in [0.25, 0.3) is 4.83 Å². The maximum atomic E-state index is 13.1. The molecule has 1 fully saturated rings. The van der Waals surface area contributed by atoms with E-state index in [-0.39, 0.29) is 35.5 Å². The van der Waals surface area contributed by atoms with Gasteiger partial charge in [-0.3, -0.25) is 19.3 Å². The van der Waals surface area contributed by atoms with Crippen LogP contribution in [0, 0.1) is 0 Å². The van der Waals surface area contributed by atoms with Crippen LogP contribution in [-0.2, 0) is 37.1 Å². The third-order valence-corrected chi connectivity index (χ3v) is 8.62. The average Bonchev–Trinajstić information content (AvgIpc) is 3.65. The summed E-state index contributed by atoms with van der Waals surface area (Å²) in [5, 5.41) is 22.2. The van der Waals surface area contributed by atoms with Crippen LogP contribution in [-0.4, -0.2) is 79.0 Å². The number of hydrogen-bond acceptors (Lipinski definition) is 13. The molecule has 0 unspecified atom stereocenters. The Labute approximate surface area is 236 Å². The van der Waals surface area contributed by atoms with Gasteiger partial charge in [0.15, 0.2) is 5.13 Å². The number of carboxylic acid groups (broad SMARTS) is 1. The number of nitrogens with one attached hydrogen (secondary N) is 2. The number of fused-ring (bicyclic) bond motifs is 2. The number of aromatic nitrogens is 4. The minimum atomic E-state index is -1.53. The van der Waals surface area contributed by atoms with Gasteiger partial charge in [0.2, 0.25) is 22.8 Å². The third kappa shape index (κ3) is 5.09. The summed E-state index contributed by atoms with van der Waals surface area (Å²) in [4.78, 5) is 59.8. The fourth-order valence-electron chi connectivity index (χ4n) is 4.27. The molecule has 15 nitrogen and oxygen atoms in total. The highest BCUT2D eigenvalue weighted by Crippen LogP contribution is 2.40. The Bertz CT molecular complexity index is 1550.